The number of amides is 2. The van der Waals surface area contributed by atoms with Crippen molar-refractivity contribution in [1.29, 1.82) is 5.26 Å². The van der Waals surface area contributed by atoms with Gasteiger partial charge in [-0.1, -0.05) is 23.7 Å². The summed E-state index contributed by atoms with van der Waals surface area (Å²) in [6.07, 6.45) is 0. The highest BCUT2D eigenvalue weighted by Crippen LogP contribution is 2.27. The highest BCUT2D eigenvalue weighted by Gasteiger charge is 2.27. The molecule has 1 saturated heterocycles. The molecule has 0 saturated carbocycles. The molecule has 9 heteroatoms. The number of halogens is 2. The standard InChI is InChI=1S/C20H13ClFN5O2/c21-14-3-1-2-12(6-14)18-8-17(20(29)26-10-19(28)24-11-26)25-27(18)15-4-5-16(22)13(7-15)9-23/h1-8H,10-11H2,(H,24,28). The molecule has 1 fully saturated rings. The minimum absolute atomic E-state index is 0.0483. The largest absolute Gasteiger partial charge is 0.337 e. The van der Waals surface area contributed by atoms with E-state index in [2.05, 4.69) is 10.4 Å². The number of rotatable bonds is 3. The van der Waals surface area contributed by atoms with Gasteiger partial charge in [0.2, 0.25) is 5.91 Å². The smallest absolute Gasteiger partial charge is 0.276 e. The van der Waals surface area contributed by atoms with Crippen LogP contribution in [0.25, 0.3) is 16.9 Å². The fourth-order valence-corrected chi connectivity index (χ4v) is 3.23. The molecule has 1 aromatic heterocycles. The topological polar surface area (TPSA) is 91.0 Å². The van der Waals surface area contributed by atoms with Crippen LogP contribution in [0.15, 0.2) is 48.5 Å². The fraction of sp³-hybridized carbons (Fsp3) is 0.100. The van der Waals surface area contributed by atoms with E-state index in [1.807, 2.05) is 0 Å². The summed E-state index contributed by atoms with van der Waals surface area (Å²) in [4.78, 5) is 25.6. The van der Waals surface area contributed by atoms with Gasteiger partial charge in [0.25, 0.3) is 5.91 Å². The fourth-order valence-electron chi connectivity index (χ4n) is 3.04. The summed E-state index contributed by atoms with van der Waals surface area (Å²) < 4.78 is 15.2. The van der Waals surface area contributed by atoms with E-state index in [9.17, 15) is 14.0 Å². The summed E-state index contributed by atoms with van der Waals surface area (Å²) in [5.41, 5.74) is 1.59. The summed E-state index contributed by atoms with van der Waals surface area (Å²) >= 11 is 6.11. The molecule has 1 N–H and O–H groups in total. The first-order chi connectivity index (χ1) is 14.0. The maximum atomic E-state index is 13.8. The van der Waals surface area contributed by atoms with Crippen LogP contribution in [0.5, 0.6) is 0 Å². The van der Waals surface area contributed by atoms with Gasteiger partial charge in [-0.25, -0.2) is 9.07 Å². The first-order valence-electron chi connectivity index (χ1n) is 8.58. The van der Waals surface area contributed by atoms with Crippen LogP contribution < -0.4 is 5.32 Å². The summed E-state index contributed by atoms with van der Waals surface area (Å²) in [5, 5.41) is 16.6. The average Bonchev–Trinajstić information content (AvgIpc) is 3.35. The van der Waals surface area contributed by atoms with Gasteiger partial charge in [-0.3, -0.25) is 9.59 Å². The molecule has 144 valence electrons. The lowest BCUT2D eigenvalue weighted by atomic mass is 10.1. The number of carbonyl (C=O) groups is 2. The van der Waals surface area contributed by atoms with Crippen molar-refractivity contribution in [2.75, 3.05) is 13.2 Å². The molecule has 2 heterocycles. The number of aromatic nitrogens is 2. The maximum Gasteiger partial charge on any atom is 0.276 e. The Kier molecular flexibility index (Phi) is 4.74. The van der Waals surface area contributed by atoms with Crippen LogP contribution in [0.2, 0.25) is 5.02 Å². The van der Waals surface area contributed by atoms with E-state index in [0.717, 1.165) is 0 Å². The molecule has 0 spiro atoms. The molecule has 29 heavy (non-hydrogen) atoms. The number of hydrogen-bond acceptors (Lipinski definition) is 4. The van der Waals surface area contributed by atoms with Crippen LogP contribution in [-0.4, -0.2) is 39.7 Å². The predicted octanol–water partition coefficient (Wildman–Crippen LogP) is 2.73. The van der Waals surface area contributed by atoms with Crippen LogP contribution in [0, 0.1) is 17.1 Å². The zero-order valence-electron chi connectivity index (χ0n) is 14.9. The van der Waals surface area contributed by atoms with E-state index in [1.165, 1.54) is 27.8 Å². The molecular weight excluding hydrogens is 397 g/mol. The van der Waals surface area contributed by atoms with Gasteiger partial charge in [0.15, 0.2) is 5.69 Å². The molecule has 0 aliphatic carbocycles. The minimum Gasteiger partial charge on any atom is -0.337 e. The molecule has 0 unspecified atom stereocenters. The van der Waals surface area contributed by atoms with Gasteiger partial charge in [-0.15, -0.1) is 0 Å². The van der Waals surface area contributed by atoms with Crippen LogP contribution in [0.4, 0.5) is 4.39 Å². The molecule has 0 bridgehead atoms. The quantitative estimate of drug-likeness (QED) is 0.720. The molecular formula is C20H13ClFN5O2. The first kappa shape index (κ1) is 18.7. The normalized spacial score (nSPS) is 13.3. The van der Waals surface area contributed by atoms with Gasteiger partial charge in [0.1, 0.15) is 18.4 Å². The highest BCUT2D eigenvalue weighted by atomic mass is 35.5. The second kappa shape index (κ2) is 7.37. The molecule has 1 aliphatic heterocycles. The Morgan fingerprint density at radius 2 is 2.07 bits per heavy atom. The van der Waals surface area contributed by atoms with Crippen LogP contribution in [-0.2, 0) is 4.79 Å². The zero-order chi connectivity index (χ0) is 20.5. The summed E-state index contributed by atoms with van der Waals surface area (Å²) in [7, 11) is 0. The van der Waals surface area contributed by atoms with Gasteiger partial charge in [0.05, 0.1) is 23.6 Å². The monoisotopic (exact) mass is 409 g/mol. The van der Waals surface area contributed by atoms with Crippen molar-refractivity contribution in [2.24, 2.45) is 0 Å². The Morgan fingerprint density at radius 1 is 1.24 bits per heavy atom. The minimum atomic E-state index is -0.648. The number of benzene rings is 2. The van der Waals surface area contributed by atoms with Crippen molar-refractivity contribution >= 4 is 23.4 Å². The van der Waals surface area contributed by atoms with Crippen molar-refractivity contribution in [2.45, 2.75) is 0 Å². The van der Waals surface area contributed by atoms with Crippen molar-refractivity contribution in [3.8, 4) is 23.0 Å². The molecule has 7 nitrogen and oxygen atoms in total. The number of hydrogen-bond donors (Lipinski definition) is 1. The molecule has 3 aromatic rings. The molecule has 1 aliphatic rings. The number of carbonyl (C=O) groups excluding carboxylic acids is 2. The lowest BCUT2D eigenvalue weighted by molar-refractivity contribution is -0.118. The lowest BCUT2D eigenvalue weighted by Gasteiger charge is -2.10. The highest BCUT2D eigenvalue weighted by molar-refractivity contribution is 6.30. The van der Waals surface area contributed by atoms with Crippen LogP contribution in [0.3, 0.4) is 0 Å². The Labute approximate surface area is 169 Å². The summed E-state index contributed by atoms with van der Waals surface area (Å²) in [5.74, 6) is -1.32. The van der Waals surface area contributed by atoms with E-state index in [0.29, 0.717) is 22.0 Å². The number of nitriles is 1. The molecule has 0 radical (unpaired) electrons. The lowest BCUT2D eigenvalue weighted by Crippen LogP contribution is -2.30. The van der Waals surface area contributed by atoms with Crippen LogP contribution >= 0.6 is 11.6 Å². The Morgan fingerprint density at radius 3 is 2.76 bits per heavy atom. The summed E-state index contributed by atoms with van der Waals surface area (Å²) in [6.45, 7) is 0.0550. The van der Waals surface area contributed by atoms with Crippen molar-refractivity contribution in [3.63, 3.8) is 0 Å². The predicted molar refractivity (Wildman–Crippen MR) is 103 cm³/mol. The molecule has 2 aromatic carbocycles. The second-order valence-corrected chi connectivity index (χ2v) is 6.81. The third-order valence-electron chi connectivity index (χ3n) is 4.45. The van der Waals surface area contributed by atoms with Crippen molar-refractivity contribution in [3.05, 3.63) is 70.6 Å². The van der Waals surface area contributed by atoms with Gasteiger partial charge in [-0.2, -0.15) is 10.4 Å². The van der Waals surface area contributed by atoms with E-state index < -0.39 is 11.7 Å². The summed E-state index contributed by atoms with van der Waals surface area (Å²) in [6, 6.07) is 14.3. The van der Waals surface area contributed by atoms with Crippen LogP contribution in [0.1, 0.15) is 16.1 Å². The number of nitrogens with zero attached hydrogens (tertiary/aromatic N) is 4. The van der Waals surface area contributed by atoms with Gasteiger partial charge in [-0.05, 0) is 36.4 Å². The van der Waals surface area contributed by atoms with Crippen molar-refractivity contribution in [1.82, 2.24) is 20.0 Å². The zero-order valence-corrected chi connectivity index (χ0v) is 15.7. The third kappa shape index (κ3) is 3.56. The van der Waals surface area contributed by atoms with E-state index >= 15 is 0 Å². The SMILES string of the molecule is N#Cc1cc(-n2nc(C(=O)N3CNC(=O)C3)cc2-c2cccc(Cl)c2)ccc1F. The molecule has 2 amide bonds. The Balaban J connectivity index is 1.84. The molecule has 0 atom stereocenters. The van der Waals surface area contributed by atoms with E-state index in [1.54, 1.807) is 36.4 Å². The maximum absolute atomic E-state index is 13.8. The van der Waals surface area contributed by atoms with E-state index in [4.69, 9.17) is 16.9 Å². The molecule has 4 rings (SSSR count). The third-order valence-corrected chi connectivity index (χ3v) is 4.69. The van der Waals surface area contributed by atoms with Crippen molar-refractivity contribution < 1.29 is 14.0 Å². The van der Waals surface area contributed by atoms with Gasteiger partial charge >= 0.3 is 0 Å². The Bertz CT molecular complexity index is 1180. The van der Waals surface area contributed by atoms with Gasteiger partial charge in [0, 0.05) is 10.6 Å². The second-order valence-electron chi connectivity index (χ2n) is 6.37. The average molecular weight is 410 g/mol. The van der Waals surface area contributed by atoms with E-state index in [-0.39, 0.29) is 30.4 Å². The Hall–Kier alpha value is -3.70. The number of nitrogens with one attached hydrogen (secondary N) is 1. The first-order valence-corrected chi connectivity index (χ1v) is 8.96. The van der Waals surface area contributed by atoms with Gasteiger partial charge < -0.3 is 10.2 Å².